The summed E-state index contributed by atoms with van der Waals surface area (Å²) in [5.41, 5.74) is 0. The molecule has 4 heteroatoms. The summed E-state index contributed by atoms with van der Waals surface area (Å²) in [6.45, 7) is 4.23. The van der Waals surface area contributed by atoms with Crippen LogP contribution < -0.4 is 14.2 Å². The van der Waals surface area contributed by atoms with Crippen LogP contribution in [-0.2, 0) is 0 Å². The Kier molecular flexibility index (Phi) is 5.62. The van der Waals surface area contributed by atoms with Gasteiger partial charge in [0.1, 0.15) is 21.7 Å². The number of halogens is 1. The SMILES string of the molecule is CCC(CC)Oc1cc(OC)c(Br)c(OC)c1. The van der Waals surface area contributed by atoms with Crippen LogP contribution >= 0.6 is 15.9 Å². The molecule has 0 aliphatic heterocycles. The molecule has 0 amide bonds. The second-order valence-electron chi connectivity index (χ2n) is 3.70. The first kappa shape index (κ1) is 14.2. The van der Waals surface area contributed by atoms with Gasteiger partial charge in [-0.2, -0.15) is 0 Å². The number of ether oxygens (including phenoxy) is 3. The first-order valence-electron chi connectivity index (χ1n) is 5.74. The minimum Gasteiger partial charge on any atom is -0.495 e. The lowest BCUT2D eigenvalue weighted by Crippen LogP contribution is -2.13. The van der Waals surface area contributed by atoms with Crippen LogP contribution in [0.1, 0.15) is 26.7 Å². The van der Waals surface area contributed by atoms with Crippen molar-refractivity contribution in [3.05, 3.63) is 16.6 Å². The zero-order valence-electron chi connectivity index (χ0n) is 10.7. The maximum absolute atomic E-state index is 5.87. The molecule has 0 saturated carbocycles. The summed E-state index contributed by atoms with van der Waals surface area (Å²) in [6, 6.07) is 3.73. The maximum Gasteiger partial charge on any atom is 0.140 e. The fourth-order valence-electron chi connectivity index (χ4n) is 1.56. The first-order chi connectivity index (χ1) is 8.15. The van der Waals surface area contributed by atoms with E-state index in [0.29, 0.717) is 11.5 Å². The van der Waals surface area contributed by atoms with E-state index >= 15 is 0 Å². The van der Waals surface area contributed by atoms with Crippen LogP contribution in [0.15, 0.2) is 16.6 Å². The number of benzene rings is 1. The van der Waals surface area contributed by atoms with Crippen molar-refractivity contribution in [1.29, 1.82) is 0 Å². The zero-order valence-corrected chi connectivity index (χ0v) is 12.3. The van der Waals surface area contributed by atoms with Crippen molar-refractivity contribution in [3.63, 3.8) is 0 Å². The normalized spacial score (nSPS) is 10.5. The third kappa shape index (κ3) is 3.53. The summed E-state index contributed by atoms with van der Waals surface area (Å²) in [7, 11) is 3.25. The molecule has 0 unspecified atom stereocenters. The highest BCUT2D eigenvalue weighted by Gasteiger charge is 2.13. The van der Waals surface area contributed by atoms with Gasteiger partial charge in [-0.3, -0.25) is 0 Å². The van der Waals surface area contributed by atoms with E-state index in [9.17, 15) is 0 Å². The van der Waals surface area contributed by atoms with Crippen molar-refractivity contribution in [2.45, 2.75) is 32.8 Å². The van der Waals surface area contributed by atoms with Crippen LogP contribution in [0.2, 0.25) is 0 Å². The van der Waals surface area contributed by atoms with Crippen molar-refractivity contribution >= 4 is 15.9 Å². The van der Waals surface area contributed by atoms with Gasteiger partial charge in [0, 0.05) is 12.1 Å². The maximum atomic E-state index is 5.87. The quantitative estimate of drug-likeness (QED) is 0.794. The minimum absolute atomic E-state index is 0.227. The second kappa shape index (κ2) is 6.74. The van der Waals surface area contributed by atoms with Crippen molar-refractivity contribution in [3.8, 4) is 17.2 Å². The second-order valence-corrected chi connectivity index (χ2v) is 4.49. The summed E-state index contributed by atoms with van der Waals surface area (Å²) in [4.78, 5) is 0. The Morgan fingerprint density at radius 2 is 1.53 bits per heavy atom. The van der Waals surface area contributed by atoms with Crippen molar-refractivity contribution < 1.29 is 14.2 Å². The highest BCUT2D eigenvalue weighted by atomic mass is 79.9. The van der Waals surface area contributed by atoms with E-state index < -0.39 is 0 Å². The van der Waals surface area contributed by atoms with Crippen molar-refractivity contribution in [2.75, 3.05) is 14.2 Å². The molecular formula is C13H19BrO3. The summed E-state index contributed by atoms with van der Waals surface area (Å²) in [5.74, 6) is 2.20. The largest absolute Gasteiger partial charge is 0.495 e. The van der Waals surface area contributed by atoms with Gasteiger partial charge in [-0.25, -0.2) is 0 Å². The van der Waals surface area contributed by atoms with Gasteiger partial charge in [-0.1, -0.05) is 13.8 Å². The van der Waals surface area contributed by atoms with Crippen LogP contribution in [-0.4, -0.2) is 20.3 Å². The van der Waals surface area contributed by atoms with E-state index in [2.05, 4.69) is 29.8 Å². The Morgan fingerprint density at radius 1 is 1.06 bits per heavy atom. The van der Waals surface area contributed by atoms with Gasteiger partial charge in [0.05, 0.1) is 20.3 Å². The molecule has 0 aromatic heterocycles. The summed E-state index contributed by atoms with van der Waals surface area (Å²) < 4.78 is 17.2. The molecule has 1 aromatic carbocycles. The number of rotatable bonds is 6. The molecule has 0 atom stereocenters. The van der Waals surface area contributed by atoms with Gasteiger partial charge in [0.25, 0.3) is 0 Å². The van der Waals surface area contributed by atoms with Crippen molar-refractivity contribution in [1.82, 2.24) is 0 Å². The van der Waals surface area contributed by atoms with Crippen LogP contribution in [0, 0.1) is 0 Å². The molecule has 0 radical (unpaired) electrons. The van der Waals surface area contributed by atoms with Gasteiger partial charge in [-0.05, 0) is 28.8 Å². The smallest absolute Gasteiger partial charge is 0.140 e. The highest BCUT2D eigenvalue weighted by Crippen LogP contribution is 2.38. The monoisotopic (exact) mass is 302 g/mol. The molecular weight excluding hydrogens is 284 g/mol. The van der Waals surface area contributed by atoms with Gasteiger partial charge < -0.3 is 14.2 Å². The Bertz CT molecular complexity index is 337. The fourth-order valence-corrected chi connectivity index (χ4v) is 2.11. The average molecular weight is 303 g/mol. The first-order valence-corrected chi connectivity index (χ1v) is 6.53. The van der Waals surface area contributed by atoms with E-state index in [-0.39, 0.29) is 6.10 Å². The third-order valence-electron chi connectivity index (χ3n) is 2.63. The standard InChI is InChI=1S/C13H19BrO3/c1-5-9(6-2)17-10-7-11(15-3)13(14)12(8-10)16-4/h7-9H,5-6H2,1-4H3. The molecule has 0 aliphatic rings. The number of hydrogen-bond donors (Lipinski definition) is 0. The number of methoxy groups -OCH3 is 2. The Morgan fingerprint density at radius 3 is 1.88 bits per heavy atom. The van der Waals surface area contributed by atoms with Crippen LogP contribution in [0.25, 0.3) is 0 Å². The van der Waals surface area contributed by atoms with Gasteiger partial charge in [-0.15, -0.1) is 0 Å². The molecule has 0 heterocycles. The van der Waals surface area contributed by atoms with E-state index in [1.807, 2.05) is 12.1 Å². The lowest BCUT2D eigenvalue weighted by molar-refractivity contribution is 0.191. The third-order valence-corrected chi connectivity index (χ3v) is 3.41. The average Bonchev–Trinajstić information content (AvgIpc) is 2.37. The molecule has 0 spiro atoms. The number of hydrogen-bond acceptors (Lipinski definition) is 3. The summed E-state index contributed by atoms with van der Waals surface area (Å²) >= 11 is 3.43. The van der Waals surface area contributed by atoms with Gasteiger partial charge in [0.15, 0.2) is 0 Å². The Labute approximate surface area is 111 Å². The van der Waals surface area contributed by atoms with Crippen LogP contribution in [0.5, 0.6) is 17.2 Å². The lowest BCUT2D eigenvalue weighted by atomic mass is 10.2. The minimum atomic E-state index is 0.227. The van der Waals surface area contributed by atoms with E-state index in [0.717, 1.165) is 23.1 Å². The summed E-state index contributed by atoms with van der Waals surface area (Å²) in [5, 5.41) is 0. The molecule has 0 aliphatic carbocycles. The molecule has 0 N–H and O–H groups in total. The molecule has 0 fully saturated rings. The van der Waals surface area contributed by atoms with Crippen LogP contribution in [0.4, 0.5) is 0 Å². The van der Waals surface area contributed by atoms with E-state index in [4.69, 9.17) is 14.2 Å². The van der Waals surface area contributed by atoms with Gasteiger partial charge >= 0.3 is 0 Å². The molecule has 3 nitrogen and oxygen atoms in total. The Hall–Kier alpha value is -0.900. The lowest BCUT2D eigenvalue weighted by Gasteiger charge is -2.18. The van der Waals surface area contributed by atoms with Crippen molar-refractivity contribution in [2.24, 2.45) is 0 Å². The molecule has 1 rings (SSSR count). The summed E-state index contributed by atoms with van der Waals surface area (Å²) in [6.07, 6.45) is 2.19. The predicted octanol–water partition coefficient (Wildman–Crippen LogP) is 4.03. The van der Waals surface area contributed by atoms with Crippen LogP contribution in [0.3, 0.4) is 0 Å². The molecule has 1 aromatic rings. The Balaban J connectivity index is 3.00. The van der Waals surface area contributed by atoms with E-state index in [1.54, 1.807) is 14.2 Å². The molecule has 0 saturated heterocycles. The highest BCUT2D eigenvalue weighted by molar-refractivity contribution is 9.10. The topological polar surface area (TPSA) is 27.7 Å². The van der Waals surface area contributed by atoms with E-state index in [1.165, 1.54) is 0 Å². The molecule has 0 bridgehead atoms. The molecule has 17 heavy (non-hydrogen) atoms. The molecule has 96 valence electrons. The predicted molar refractivity (Wildman–Crippen MR) is 72.2 cm³/mol. The van der Waals surface area contributed by atoms with Gasteiger partial charge in [0.2, 0.25) is 0 Å². The zero-order chi connectivity index (χ0) is 12.8. The fraction of sp³-hybridized carbons (Fsp3) is 0.538.